The minimum atomic E-state index is -5.05. The number of benzene rings is 3. The quantitative estimate of drug-likeness (QED) is 0.0193. The average molecular weight is 1150 g/mol. The van der Waals surface area contributed by atoms with Crippen LogP contribution in [-0.4, -0.2) is 98.5 Å². The number of anilines is 1. The summed E-state index contributed by atoms with van der Waals surface area (Å²) in [5.41, 5.74) is 3.44. The summed E-state index contributed by atoms with van der Waals surface area (Å²) >= 11 is 6.63. The number of hydroxylamine groups is 2. The summed E-state index contributed by atoms with van der Waals surface area (Å²) in [5, 5.41) is 1.01. The zero-order valence-corrected chi connectivity index (χ0v) is 46.0. The summed E-state index contributed by atoms with van der Waals surface area (Å²) < 4.78 is 138. The van der Waals surface area contributed by atoms with Crippen LogP contribution in [0.1, 0.15) is 108 Å². The lowest BCUT2D eigenvalue weighted by atomic mass is 9.80. The molecule has 7 rings (SSSR count). The molecule has 1 saturated heterocycles. The summed E-state index contributed by atoms with van der Waals surface area (Å²) in [6.45, 7) is 8.12. The third-order valence-corrected chi connectivity index (χ3v) is 17.1. The Labute approximate surface area is 446 Å². The van der Waals surface area contributed by atoms with Gasteiger partial charge in [0.15, 0.2) is 5.71 Å². The van der Waals surface area contributed by atoms with Gasteiger partial charge in [-0.05, 0) is 128 Å². The van der Waals surface area contributed by atoms with Gasteiger partial charge in [0, 0.05) is 48.0 Å². The largest absolute Gasteiger partial charge is 0.344 e. The SMILES string of the molecule is CC1(C)C(/C=C/C(=C/C=C2\N(CCCCS(=O)(=O)O)c3ccc4c(S(=O)(=O)O)cc(S(=O)(=O)O)cc4c3C2(C)C)c2cccc(CCCCC(=O)ON3C(=O)CCC3=O)c2)=Nc2c1cc(Cl)c[n+]2CCCCS(=O)(=O)O. The summed E-state index contributed by atoms with van der Waals surface area (Å²) in [4.78, 5) is 46.9. The van der Waals surface area contributed by atoms with Crippen LogP contribution >= 0.6 is 11.6 Å². The molecule has 4 N–H and O–H groups in total. The number of hydrogen-bond acceptors (Lipinski definition) is 14. The van der Waals surface area contributed by atoms with Gasteiger partial charge in [0.25, 0.3) is 52.3 Å². The van der Waals surface area contributed by atoms with Gasteiger partial charge in [-0.15, -0.1) is 5.06 Å². The highest BCUT2D eigenvalue weighted by molar-refractivity contribution is 7.87. The number of hydrogen-bond donors (Lipinski definition) is 4. The number of fused-ring (bicyclic) bond motifs is 4. The van der Waals surface area contributed by atoms with Crippen LogP contribution in [0, 0.1) is 0 Å². The fourth-order valence-corrected chi connectivity index (χ4v) is 12.5. The molecule has 3 aromatic carbocycles. The van der Waals surface area contributed by atoms with E-state index in [0.717, 1.165) is 22.8 Å². The van der Waals surface area contributed by atoms with Gasteiger partial charge in [0.2, 0.25) is 0 Å². The molecule has 3 aliphatic rings. The Bertz CT molecular complexity index is 3610. The molecule has 0 radical (unpaired) electrons. The maximum absolute atomic E-state index is 12.8. The minimum absolute atomic E-state index is 0.0228. The first kappa shape index (κ1) is 58.0. The number of carbonyl (C=O) groups excluding carboxylic acids is 3. The van der Waals surface area contributed by atoms with Crippen molar-refractivity contribution in [2.45, 2.75) is 119 Å². The summed E-state index contributed by atoms with van der Waals surface area (Å²) in [7, 11) is -18.5. The number of halogens is 1. The molecule has 20 nitrogen and oxygen atoms in total. The number of pyridine rings is 1. The summed E-state index contributed by atoms with van der Waals surface area (Å²) in [6, 6.07) is 14.3. The lowest BCUT2D eigenvalue weighted by molar-refractivity contribution is -0.684. The molecule has 1 aromatic heterocycles. The monoisotopic (exact) mass is 1150 g/mol. The molecule has 76 heavy (non-hydrogen) atoms. The molecule has 2 amide bonds. The highest BCUT2D eigenvalue weighted by atomic mass is 35.5. The number of nitrogens with zero attached hydrogens (tertiary/aromatic N) is 4. The summed E-state index contributed by atoms with van der Waals surface area (Å²) in [6.07, 6.45) is 11.3. The third kappa shape index (κ3) is 13.5. The van der Waals surface area contributed by atoms with E-state index in [1.165, 1.54) is 6.07 Å². The maximum atomic E-state index is 12.8. The van der Waals surface area contributed by atoms with Crippen molar-refractivity contribution in [1.82, 2.24) is 5.06 Å². The Kier molecular flexibility index (Phi) is 17.0. The minimum Gasteiger partial charge on any atom is -0.344 e. The van der Waals surface area contributed by atoms with E-state index in [2.05, 4.69) is 0 Å². The standard InChI is InChI=1S/C51H57ClN4O16S4/c1-50(2)40-29-36(52)32-54(24-7-9-26-73(60,61)62)49(40)53-43(50)20-16-34(35-14-11-13-33(28-35)12-5-6-15-47(59)72-56-45(57)22-23-46(56)58)17-21-44-51(3,4)48-39-30-37(75(66,67)68)31-42(76(69,70)71)38(39)18-19-41(48)55(44)25-8-10-27-74(63,64)65/h11,13-14,16-21,28-32H,5-10,12,15,22-27H2,1-4H3,(H3-,60,61,62,63,64,65,66,67,68,69,70,71)/p+1. The van der Waals surface area contributed by atoms with E-state index in [9.17, 15) is 66.3 Å². The molecule has 0 bridgehead atoms. The molecule has 0 atom stereocenters. The Hall–Kier alpha value is -5.70. The Morgan fingerprint density at radius 1 is 0.789 bits per heavy atom. The highest BCUT2D eigenvalue weighted by Crippen LogP contribution is 2.52. The van der Waals surface area contributed by atoms with E-state index in [4.69, 9.17) is 21.4 Å². The van der Waals surface area contributed by atoms with Gasteiger partial charge in [0.05, 0.1) is 38.9 Å². The van der Waals surface area contributed by atoms with Gasteiger partial charge in [-0.25, -0.2) is 9.36 Å². The second kappa shape index (κ2) is 22.3. The number of rotatable bonds is 22. The molecule has 0 spiro atoms. The second-order valence-corrected chi connectivity index (χ2v) is 26.3. The Balaban J connectivity index is 1.31. The van der Waals surface area contributed by atoms with Gasteiger partial charge in [-0.1, -0.05) is 67.9 Å². The number of aliphatic imine (C=N–C) groups is 1. The topological polar surface area (TPSA) is 301 Å². The molecule has 0 saturated carbocycles. The Morgan fingerprint density at radius 2 is 1.46 bits per heavy atom. The van der Waals surface area contributed by atoms with Crippen molar-refractivity contribution in [2.75, 3.05) is 23.0 Å². The van der Waals surface area contributed by atoms with Gasteiger partial charge >= 0.3 is 11.8 Å². The maximum Gasteiger partial charge on any atom is 0.333 e. The van der Waals surface area contributed by atoms with Gasteiger partial charge in [0.1, 0.15) is 11.1 Å². The molecule has 25 heteroatoms. The van der Waals surface area contributed by atoms with Crippen molar-refractivity contribution in [3.05, 3.63) is 118 Å². The van der Waals surface area contributed by atoms with Gasteiger partial charge in [-0.3, -0.25) is 27.8 Å². The van der Waals surface area contributed by atoms with E-state index >= 15 is 0 Å². The van der Waals surface area contributed by atoms with Gasteiger partial charge < -0.3 is 9.74 Å². The first-order chi connectivity index (χ1) is 35.3. The molecule has 4 aromatic rings. The fourth-order valence-electron chi connectivity index (χ4n) is 9.76. The normalized spacial score (nSPS) is 17.3. The molecule has 408 valence electrons. The molecular formula is C51H58ClN4O16S4+. The molecule has 3 aliphatic heterocycles. The fraction of sp³-hybridized carbons (Fsp3) is 0.392. The lowest BCUT2D eigenvalue weighted by Crippen LogP contribution is -2.35. The molecule has 1 fully saturated rings. The second-order valence-electron chi connectivity index (χ2n) is 19.9. The summed E-state index contributed by atoms with van der Waals surface area (Å²) in [5.74, 6) is -2.17. The van der Waals surface area contributed by atoms with Gasteiger partial charge in [-0.2, -0.15) is 33.7 Å². The van der Waals surface area contributed by atoms with Crippen LogP contribution in [0.4, 0.5) is 11.5 Å². The zero-order chi connectivity index (χ0) is 55.8. The lowest BCUT2D eigenvalue weighted by Gasteiger charge is -2.27. The van der Waals surface area contributed by atoms with E-state index in [1.807, 2.05) is 91.8 Å². The average Bonchev–Trinajstić information content (AvgIpc) is 3.86. The third-order valence-electron chi connectivity index (χ3n) is 13.6. The first-order valence-corrected chi connectivity index (χ1v) is 30.7. The smallest absolute Gasteiger partial charge is 0.333 e. The van der Waals surface area contributed by atoms with Crippen molar-refractivity contribution >= 4 is 103 Å². The van der Waals surface area contributed by atoms with Crippen molar-refractivity contribution in [3.63, 3.8) is 0 Å². The predicted molar refractivity (Wildman–Crippen MR) is 283 cm³/mol. The van der Waals surface area contributed by atoms with Crippen LogP contribution in [0.25, 0.3) is 16.3 Å². The van der Waals surface area contributed by atoms with Crippen LogP contribution < -0.4 is 9.47 Å². The van der Waals surface area contributed by atoms with Crippen molar-refractivity contribution in [3.8, 4) is 0 Å². The number of aromatic nitrogens is 1. The van der Waals surface area contributed by atoms with Crippen molar-refractivity contribution < 1.29 is 75.7 Å². The van der Waals surface area contributed by atoms with Crippen LogP contribution in [-0.2, 0) is 83.5 Å². The Morgan fingerprint density at radius 3 is 2.11 bits per heavy atom. The van der Waals surface area contributed by atoms with E-state index in [-0.39, 0.29) is 55.8 Å². The molecule has 0 unspecified atom stereocenters. The van der Waals surface area contributed by atoms with Crippen LogP contribution in [0.15, 0.2) is 106 Å². The zero-order valence-electron chi connectivity index (χ0n) is 42.0. The van der Waals surface area contributed by atoms with E-state index < -0.39 is 90.4 Å². The number of aryl methyl sites for hydroxylation is 2. The molecule has 4 heterocycles. The van der Waals surface area contributed by atoms with Crippen LogP contribution in [0.5, 0.6) is 0 Å². The molecular weight excluding hydrogens is 1090 g/mol. The number of allylic oxidation sites excluding steroid dienone is 6. The van der Waals surface area contributed by atoms with E-state index in [1.54, 1.807) is 12.3 Å². The number of amides is 2. The van der Waals surface area contributed by atoms with Crippen molar-refractivity contribution in [2.24, 2.45) is 4.99 Å². The van der Waals surface area contributed by atoms with E-state index in [0.29, 0.717) is 82.4 Å². The van der Waals surface area contributed by atoms with Crippen molar-refractivity contribution in [1.29, 1.82) is 0 Å². The number of imide groups is 1. The molecule has 0 aliphatic carbocycles. The number of carbonyl (C=O) groups is 3. The van der Waals surface area contributed by atoms with Crippen LogP contribution in [0.3, 0.4) is 0 Å². The predicted octanol–water partition coefficient (Wildman–Crippen LogP) is 7.62. The van der Waals surface area contributed by atoms with Crippen LogP contribution in [0.2, 0.25) is 5.02 Å². The number of unbranched alkanes of at least 4 members (excludes halogenated alkanes) is 3. The highest BCUT2D eigenvalue weighted by Gasteiger charge is 2.44. The first-order valence-electron chi connectivity index (χ1n) is 24.2.